The Labute approximate surface area is 169 Å². The van der Waals surface area contributed by atoms with Crippen molar-refractivity contribution >= 4 is 31.0 Å². The van der Waals surface area contributed by atoms with Gasteiger partial charge in [-0.3, -0.25) is 4.79 Å². The molecule has 1 unspecified atom stereocenters. The Bertz CT molecular complexity index is 382. The number of carbonyl (C=O) groups is 1. The highest BCUT2D eigenvalue weighted by atomic mass is 28.5. The van der Waals surface area contributed by atoms with E-state index in [4.69, 9.17) is 8.23 Å². The molecular weight excluding hydrogens is 372 g/mol. The van der Waals surface area contributed by atoms with Crippen LogP contribution in [0, 0.1) is 5.92 Å². The summed E-state index contributed by atoms with van der Waals surface area (Å²) in [6.45, 7) is 20.0. The van der Waals surface area contributed by atoms with Crippen molar-refractivity contribution in [2.75, 3.05) is 0 Å². The van der Waals surface area contributed by atoms with Crippen LogP contribution in [-0.4, -0.2) is 31.0 Å². The second kappa shape index (κ2) is 13.4. The fraction of sp³-hybridized carbons (Fsp3) is 0.950. The molecule has 0 aliphatic heterocycles. The Hall–Kier alpha value is 0.241. The molecule has 0 rings (SSSR count). The molecule has 1 atom stereocenters. The minimum Gasteiger partial charge on any atom is -0.437 e. The number of unbranched alkanes of at least 4 members (excludes halogenated alkanes) is 1. The number of carbonyl (C=O) groups excluding carboxylic acids is 1. The van der Waals surface area contributed by atoms with Crippen LogP contribution in [0.25, 0.3) is 0 Å². The fourth-order valence-corrected chi connectivity index (χ4v) is 17.5. The van der Waals surface area contributed by atoms with Crippen molar-refractivity contribution < 1.29 is 13.0 Å². The van der Waals surface area contributed by atoms with E-state index in [1.807, 2.05) is 6.92 Å². The molecule has 0 radical (unpaired) electrons. The predicted molar refractivity (Wildman–Crippen MR) is 126 cm³/mol. The maximum atomic E-state index is 12.0. The summed E-state index contributed by atoms with van der Waals surface area (Å²) >= 11 is 0. The quantitative estimate of drug-likeness (QED) is 0.287. The fourth-order valence-electron chi connectivity index (χ4n) is 3.22. The van der Waals surface area contributed by atoms with Crippen LogP contribution >= 0.6 is 0 Å². The van der Waals surface area contributed by atoms with Crippen LogP contribution in [-0.2, 0) is 13.0 Å². The highest BCUT2D eigenvalue weighted by Gasteiger charge is 2.39. The van der Waals surface area contributed by atoms with E-state index in [9.17, 15) is 4.79 Å². The summed E-state index contributed by atoms with van der Waals surface area (Å²) in [7, 11) is -5.49. The summed E-state index contributed by atoms with van der Waals surface area (Å²) in [6, 6.07) is 2.26. The summed E-state index contributed by atoms with van der Waals surface area (Å²) in [5, 5.41) is 0. The van der Waals surface area contributed by atoms with Gasteiger partial charge in [-0.25, -0.2) is 0 Å². The van der Waals surface area contributed by atoms with Gasteiger partial charge in [-0.2, -0.15) is 0 Å². The van der Waals surface area contributed by atoms with Crippen LogP contribution in [0.15, 0.2) is 0 Å². The van der Waals surface area contributed by atoms with E-state index in [2.05, 4.69) is 53.1 Å². The van der Waals surface area contributed by atoms with E-state index < -0.39 is 25.2 Å². The first-order valence-electron chi connectivity index (χ1n) is 9.77. The van der Waals surface area contributed by atoms with Crippen LogP contribution < -0.4 is 0 Å². The van der Waals surface area contributed by atoms with Crippen molar-refractivity contribution in [3.05, 3.63) is 0 Å². The van der Waals surface area contributed by atoms with Gasteiger partial charge < -0.3 is 8.23 Å². The Morgan fingerprint density at radius 1 is 0.846 bits per heavy atom. The average molecular weight is 423 g/mol. The van der Waals surface area contributed by atoms with Crippen molar-refractivity contribution in [2.24, 2.45) is 5.92 Å². The molecule has 6 heteroatoms. The second-order valence-corrected chi connectivity index (χ2v) is 21.3. The van der Waals surface area contributed by atoms with Crippen LogP contribution in [0.3, 0.4) is 0 Å². The summed E-state index contributed by atoms with van der Waals surface area (Å²) < 4.78 is 13.2. The van der Waals surface area contributed by atoms with Gasteiger partial charge in [0.05, 0.1) is 0 Å². The number of hydrogen-bond donors (Lipinski definition) is 0. The molecule has 0 spiro atoms. The molecule has 160 valence electrons. The molecule has 0 saturated carbocycles. The molecule has 0 amide bonds. The molecule has 0 aromatic heterocycles. The lowest BCUT2D eigenvalue weighted by Gasteiger charge is -2.38. The third kappa shape index (κ3) is 14.3. The Morgan fingerprint density at radius 3 is 1.65 bits per heavy atom. The highest BCUT2D eigenvalue weighted by Crippen LogP contribution is 2.26. The monoisotopic (exact) mass is 422 g/mol. The normalized spacial score (nSPS) is 13.6. The van der Waals surface area contributed by atoms with Crippen molar-refractivity contribution in [2.45, 2.75) is 119 Å². The highest BCUT2D eigenvalue weighted by molar-refractivity contribution is 6.87. The first-order chi connectivity index (χ1) is 10.8. The van der Waals surface area contributed by atoms with Gasteiger partial charge in [0, 0.05) is 12.3 Å². The van der Waals surface area contributed by atoms with Gasteiger partial charge in [0.2, 0.25) is 0 Å². The van der Waals surface area contributed by atoms with E-state index in [-0.39, 0.29) is 20.8 Å². The molecular formula is C20H50O3Si3. The molecule has 3 nitrogen and oxygen atoms in total. The number of rotatable bonds is 13. The van der Waals surface area contributed by atoms with E-state index in [1.54, 1.807) is 0 Å². The average Bonchev–Trinajstić information content (AvgIpc) is 2.41. The van der Waals surface area contributed by atoms with Crippen molar-refractivity contribution in [1.29, 1.82) is 0 Å². The molecule has 0 aromatic rings. The summed E-state index contributed by atoms with van der Waals surface area (Å²) in [6.07, 6.45) is 5.09. The van der Waals surface area contributed by atoms with Gasteiger partial charge in [-0.15, -0.1) is 0 Å². The lowest BCUT2D eigenvalue weighted by molar-refractivity contribution is -0.122. The second-order valence-electron chi connectivity index (χ2n) is 8.86. The molecule has 0 aromatic carbocycles. The van der Waals surface area contributed by atoms with Gasteiger partial charge in [-0.05, 0) is 64.2 Å². The minimum atomic E-state index is -2.09. The van der Waals surface area contributed by atoms with Crippen LogP contribution in [0.5, 0.6) is 0 Å². The first-order valence-corrected chi connectivity index (χ1v) is 18.8. The lowest BCUT2D eigenvalue weighted by atomic mass is 10.0. The zero-order valence-corrected chi connectivity index (χ0v) is 20.8. The third-order valence-corrected chi connectivity index (χ3v) is 16.0. The molecule has 0 N–H and O–H groups in total. The topological polar surface area (TPSA) is 35.5 Å². The summed E-state index contributed by atoms with van der Waals surface area (Å²) in [4.78, 5) is 12.0. The smallest absolute Gasteiger partial charge is 0.311 e. The Morgan fingerprint density at radius 2 is 1.27 bits per heavy atom. The Kier molecular flexibility index (Phi) is 16.0. The van der Waals surface area contributed by atoms with Crippen LogP contribution in [0.4, 0.5) is 0 Å². The van der Waals surface area contributed by atoms with Crippen molar-refractivity contribution in [1.82, 2.24) is 0 Å². The molecule has 0 fully saturated rings. The molecule has 0 aliphatic rings. The first kappa shape index (κ1) is 31.0. The minimum absolute atomic E-state index is 0. The zero-order valence-electron chi connectivity index (χ0n) is 17.8. The molecule has 0 saturated heterocycles. The van der Waals surface area contributed by atoms with Crippen LogP contribution in [0.1, 0.15) is 67.7 Å². The zero-order chi connectivity index (χ0) is 19.0. The maximum Gasteiger partial charge on any atom is 0.311 e. The van der Waals surface area contributed by atoms with E-state index in [1.165, 1.54) is 18.9 Å². The van der Waals surface area contributed by atoms with E-state index in [0.717, 1.165) is 18.9 Å². The number of ketones is 1. The van der Waals surface area contributed by atoms with Gasteiger partial charge in [0.1, 0.15) is 5.78 Å². The molecule has 0 heterocycles. The van der Waals surface area contributed by atoms with E-state index >= 15 is 0 Å². The van der Waals surface area contributed by atoms with Gasteiger partial charge in [0.25, 0.3) is 0 Å². The Balaban J connectivity index is -0.00000264. The number of Topliss-reactive ketones (excluding diaryl/α,β-unsaturated/α-hetero) is 1. The van der Waals surface area contributed by atoms with E-state index in [0.29, 0.717) is 12.2 Å². The molecule has 0 bridgehead atoms. The number of hydrogen-bond acceptors (Lipinski definition) is 3. The standard InChI is InChI=1S/C18H42O3Si3.2CH4/c1-10-12-15-22(4,5)20-24(8,9)21-23(6,7)16-13-14-18(19)17(3)11-2;;/h17H,10-16H2,1-9H3;2*1H4. The lowest BCUT2D eigenvalue weighted by Crippen LogP contribution is -2.52. The molecule has 26 heavy (non-hydrogen) atoms. The van der Waals surface area contributed by atoms with Gasteiger partial charge in [-0.1, -0.05) is 48.5 Å². The van der Waals surface area contributed by atoms with Gasteiger partial charge >= 0.3 is 8.56 Å². The predicted octanol–water partition coefficient (Wildman–Crippen LogP) is 7.60. The van der Waals surface area contributed by atoms with Crippen molar-refractivity contribution in [3.63, 3.8) is 0 Å². The molecule has 0 aliphatic carbocycles. The summed E-state index contributed by atoms with van der Waals surface area (Å²) in [5.74, 6) is 0.610. The largest absolute Gasteiger partial charge is 0.437 e. The van der Waals surface area contributed by atoms with Crippen molar-refractivity contribution in [3.8, 4) is 0 Å². The van der Waals surface area contributed by atoms with Gasteiger partial charge in [0.15, 0.2) is 16.6 Å². The SMILES string of the molecule is C.C.CCCC[Si](C)(C)O[Si](C)(C)O[Si](C)(C)CCCC(=O)C(C)CC. The third-order valence-electron chi connectivity index (χ3n) is 4.54. The summed E-state index contributed by atoms with van der Waals surface area (Å²) in [5.41, 5.74) is 0. The maximum absolute atomic E-state index is 12.0. The van der Waals surface area contributed by atoms with Crippen LogP contribution in [0.2, 0.25) is 51.4 Å².